The number of nitrogens with zero attached hydrogens (tertiary/aromatic N) is 6. The topological polar surface area (TPSA) is 110 Å². The first-order valence-electron chi connectivity index (χ1n) is 14.0. The average Bonchev–Trinajstić information content (AvgIpc) is 3.35. The average molecular weight is 537 g/mol. The summed E-state index contributed by atoms with van der Waals surface area (Å²) >= 11 is 0. The Morgan fingerprint density at radius 1 is 1.15 bits per heavy atom. The summed E-state index contributed by atoms with van der Waals surface area (Å²) in [5.41, 5.74) is 1.60. The number of fused-ring (bicyclic) bond motifs is 1. The lowest BCUT2D eigenvalue weighted by Gasteiger charge is -2.31. The number of ether oxygens (including phenoxy) is 2. The molecule has 5 heterocycles. The van der Waals surface area contributed by atoms with E-state index in [0.29, 0.717) is 35.8 Å². The Kier molecular flexibility index (Phi) is 8.90. The quantitative estimate of drug-likeness (QED) is 0.378. The Hall–Kier alpha value is -3.28. The number of morpholine rings is 1. The van der Waals surface area contributed by atoms with Crippen LogP contribution in [0.5, 0.6) is 0 Å². The van der Waals surface area contributed by atoms with Crippen LogP contribution in [-0.2, 0) is 9.47 Å². The molecule has 3 aromatic heterocycles. The number of rotatable bonds is 10. The molecular formula is C28H40N8O3. The Balaban J connectivity index is 1.26. The zero-order valence-electron chi connectivity index (χ0n) is 23.2. The van der Waals surface area contributed by atoms with E-state index in [1.165, 1.54) is 0 Å². The van der Waals surface area contributed by atoms with Crippen molar-refractivity contribution in [1.82, 2.24) is 29.7 Å². The maximum absolute atomic E-state index is 13.1. The molecule has 11 nitrogen and oxygen atoms in total. The number of pyridine rings is 1. The Morgan fingerprint density at radius 3 is 2.69 bits per heavy atom. The maximum Gasteiger partial charge on any atom is 0.253 e. The lowest BCUT2D eigenvalue weighted by atomic mass is 10.1. The smallest absolute Gasteiger partial charge is 0.253 e. The van der Waals surface area contributed by atoms with Gasteiger partial charge in [-0.15, -0.1) is 0 Å². The molecule has 210 valence electrons. The van der Waals surface area contributed by atoms with Crippen LogP contribution < -0.4 is 15.5 Å². The lowest BCUT2D eigenvalue weighted by molar-refractivity contribution is 0.0374. The van der Waals surface area contributed by atoms with Crippen LogP contribution in [0.25, 0.3) is 10.9 Å². The van der Waals surface area contributed by atoms with E-state index in [0.717, 1.165) is 76.1 Å². The molecule has 2 aliphatic rings. The first kappa shape index (κ1) is 27.3. The van der Waals surface area contributed by atoms with E-state index >= 15 is 0 Å². The van der Waals surface area contributed by atoms with Crippen LogP contribution in [0.15, 0.2) is 30.7 Å². The van der Waals surface area contributed by atoms with Crippen LogP contribution in [0.1, 0.15) is 49.5 Å². The maximum atomic E-state index is 13.1. The second kappa shape index (κ2) is 12.7. The fraction of sp³-hybridized carbons (Fsp3) is 0.571. The summed E-state index contributed by atoms with van der Waals surface area (Å²) < 4.78 is 13.0. The van der Waals surface area contributed by atoms with Gasteiger partial charge in [0.05, 0.1) is 30.4 Å². The van der Waals surface area contributed by atoms with Gasteiger partial charge >= 0.3 is 0 Å². The van der Waals surface area contributed by atoms with Gasteiger partial charge in [-0.2, -0.15) is 4.98 Å². The molecule has 0 unspecified atom stereocenters. The molecule has 0 atom stereocenters. The molecule has 2 fully saturated rings. The van der Waals surface area contributed by atoms with Crippen LogP contribution in [-0.4, -0.2) is 96.0 Å². The summed E-state index contributed by atoms with van der Waals surface area (Å²) in [7, 11) is 1.77. The van der Waals surface area contributed by atoms with E-state index in [-0.39, 0.29) is 11.9 Å². The predicted molar refractivity (Wildman–Crippen MR) is 152 cm³/mol. The minimum absolute atomic E-state index is 0.0680. The molecule has 0 spiro atoms. The highest BCUT2D eigenvalue weighted by Crippen LogP contribution is 2.27. The fourth-order valence-electron chi connectivity index (χ4n) is 5.24. The van der Waals surface area contributed by atoms with E-state index in [1.807, 2.05) is 18.3 Å². The molecule has 0 bridgehead atoms. The van der Waals surface area contributed by atoms with Crippen LogP contribution in [0.4, 0.5) is 17.6 Å². The zero-order valence-corrected chi connectivity index (χ0v) is 23.2. The number of amides is 1. The second-order valence-electron chi connectivity index (χ2n) is 10.5. The van der Waals surface area contributed by atoms with E-state index in [1.54, 1.807) is 19.5 Å². The predicted octanol–water partition coefficient (Wildman–Crippen LogP) is 3.22. The van der Waals surface area contributed by atoms with Crippen molar-refractivity contribution >= 4 is 34.4 Å². The van der Waals surface area contributed by atoms with Crippen molar-refractivity contribution in [2.24, 2.45) is 0 Å². The Labute approximate surface area is 229 Å². The molecule has 0 saturated carbocycles. The van der Waals surface area contributed by atoms with Gasteiger partial charge in [0.25, 0.3) is 5.91 Å². The van der Waals surface area contributed by atoms with Crippen molar-refractivity contribution in [3.05, 3.63) is 36.3 Å². The summed E-state index contributed by atoms with van der Waals surface area (Å²) in [5, 5.41) is 7.27. The van der Waals surface area contributed by atoms with Gasteiger partial charge in [0.15, 0.2) is 0 Å². The molecule has 3 aromatic rings. The number of nitrogens with one attached hydrogen (secondary N) is 2. The van der Waals surface area contributed by atoms with Gasteiger partial charge in [0, 0.05) is 75.9 Å². The third kappa shape index (κ3) is 6.66. The molecule has 0 aliphatic carbocycles. The number of methoxy groups -OCH3 is 1. The van der Waals surface area contributed by atoms with Gasteiger partial charge < -0.3 is 29.6 Å². The fourth-order valence-corrected chi connectivity index (χ4v) is 5.24. The number of carbonyl (C=O) groups excluding carboxylic acids is 1. The number of hydrogen-bond acceptors (Lipinski definition) is 9. The van der Waals surface area contributed by atoms with Crippen LogP contribution >= 0.6 is 0 Å². The van der Waals surface area contributed by atoms with Gasteiger partial charge in [-0.3, -0.25) is 9.69 Å². The first-order valence-corrected chi connectivity index (χ1v) is 14.0. The van der Waals surface area contributed by atoms with Crippen molar-refractivity contribution in [3.63, 3.8) is 0 Å². The highest BCUT2D eigenvalue weighted by atomic mass is 16.5. The van der Waals surface area contributed by atoms with Crippen LogP contribution in [0, 0.1) is 0 Å². The molecule has 11 heteroatoms. The number of piperidine rings is 1. The normalized spacial score (nSPS) is 17.2. The molecule has 5 rings (SSSR count). The number of carbonyl (C=O) groups is 1. The minimum Gasteiger partial charge on any atom is -0.381 e. The summed E-state index contributed by atoms with van der Waals surface area (Å²) in [6, 6.07) is 4.01. The molecular weight excluding hydrogens is 496 g/mol. The molecule has 2 saturated heterocycles. The van der Waals surface area contributed by atoms with Crippen molar-refractivity contribution in [2.75, 3.05) is 69.8 Å². The van der Waals surface area contributed by atoms with Crippen LogP contribution in [0.2, 0.25) is 0 Å². The highest BCUT2D eigenvalue weighted by Gasteiger charge is 2.21. The summed E-state index contributed by atoms with van der Waals surface area (Å²) in [6.07, 6.45) is 8.62. The van der Waals surface area contributed by atoms with E-state index in [9.17, 15) is 4.79 Å². The highest BCUT2D eigenvalue weighted by molar-refractivity contribution is 6.07. The SMILES string of the molecule is COC1CCN(c2nccc(Nc3cc4c(cn3)c(C(=O)NCCCN3CCOCC3)cn4C(C)C)n2)CC1. The summed E-state index contributed by atoms with van der Waals surface area (Å²) in [4.78, 5) is 31.5. The van der Waals surface area contributed by atoms with Gasteiger partial charge in [0.1, 0.15) is 11.6 Å². The third-order valence-corrected chi connectivity index (χ3v) is 7.52. The van der Waals surface area contributed by atoms with Gasteiger partial charge in [-0.1, -0.05) is 0 Å². The largest absolute Gasteiger partial charge is 0.381 e. The van der Waals surface area contributed by atoms with Crippen molar-refractivity contribution < 1.29 is 14.3 Å². The second-order valence-corrected chi connectivity index (χ2v) is 10.5. The summed E-state index contributed by atoms with van der Waals surface area (Å²) in [5.74, 6) is 1.99. The monoisotopic (exact) mass is 536 g/mol. The van der Waals surface area contributed by atoms with Crippen molar-refractivity contribution in [1.29, 1.82) is 0 Å². The lowest BCUT2D eigenvalue weighted by Crippen LogP contribution is -2.38. The number of hydrogen-bond donors (Lipinski definition) is 2. The zero-order chi connectivity index (χ0) is 27.2. The summed E-state index contributed by atoms with van der Waals surface area (Å²) in [6.45, 7) is 11.1. The Bertz CT molecular complexity index is 1250. The third-order valence-electron chi connectivity index (χ3n) is 7.52. The number of aromatic nitrogens is 4. The molecule has 39 heavy (non-hydrogen) atoms. The van der Waals surface area contributed by atoms with E-state index < -0.39 is 0 Å². The van der Waals surface area contributed by atoms with E-state index in [2.05, 4.69) is 48.8 Å². The van der Waals surface area contributed by atoms with Gasteiger partial charge in [-0.25, -0.2) is 9.97 Å². The van der Waals surface area contributed by atoms with Gasteiger partial charge in [-0.05, 0) is 45.7 Å². The first-order chi connectivity index (χ1) is 19.0. The van der Waals surface area contributed by atoms with Gasteiger partial charge in [0.2, 0.25) is 5.95 Å². The number of anilines is 3. The van der Waals surface area contributed by atoms with Crippen molar-refractivity contribution in [3.8, 4) is 0 Å². The Morgan fingerprint density at radius 2 is 1.95 bits per heavy atom. The molecule has 2 N–H and O–H groups in total. The molecule has 0 radical (unpaired) electrons. The molecule has 1 amide bonds. The molecule has 2 aliphatic heterocycles. The van der Waals surface area contributed by atoms with E-state index in [4.69, 9.17) is 14.5 Å². The standard InChI is InChI=1S/C28H40N8O3/c1-20(2)36-19-23(27(37)29-8-4-10-34-13-15-39-16-14-34)22-18-31-26(17-24(22)36)32-25-5-9-30-28(33-25)35-11-6-21(38-3)7-12-35/h5,9,17-21H,4,6-8,10-16H2,1-3H3,(H,29,37)(H,30,31,32,33). The van der Waals surface area contributed by atoms with Crippen LogP contribution in [0.3, 0.4) is 0 Å². The van der Waals surface area contributed by atoms with Crippen molar-refractivity contribution in [2.45, 2.75) is 45.3 Å². The molecule has 0 aromatic carbocycles. The minimum atomic E-state index is -0.0680.